The molecule has 0 atom stereocenters. The highest BCUT2D eigenvalue weighted by molar-refractivity contribution is 5.30. The summed E-state index contributed by atoms with van der Waals surface area (Å²) in [5.74, 6) is 0.976. The summed E-state index contributed by atoms with van der Waals surface area (Å²) < 4.78 is 2.17. The van der Waals surface area contributed by atoms with Gasteiger partial charge in [0.2, 0.25) is 5.95 Å². The van der Waals surface area contributed by atoms with Crippen molar-refractivity contribution in [3.8, 4) is 0 Å². The number of nitrogens with one attached hydrogen (secondary N) is 1. The summed E-state index contributed by atoms with van der Waals surface area (Å²) >= 11 is 0. The summed E-state index contributed by atoms with van der Waals surface area (Å²) in [5, 5.41) is 3.57. The monoisotopic (exact) mass is 270 g/mol. The third-order valence-electron chi connectivity index (χ3n) is 4.09. The van der Waals surface area contributed by atoms with Crippen LogP contribution in [0.1, 0.15) is 43.9 Å². The molecule has 0 spiro atoms. The number of hydrogen-bond donors (Lipinski definition) is 1. The summed E-state index contributed by atoms with van der Waals surface area (Å²) in [6.07, 6.45) is 12.0. The normalized spacial score (nSPS) is 15.7. The number of aromatic nitrogens is 3. The van der Waals surface area contributed by atoms with E-state index in [1.165, 1.54) is 31.2 Å². The number of aryl methyl sites for hydroxylation is 1. The highest BCUT2D eigenvalue weighted by atomic mass is 15.2. The molecule has 0 bridgehead atoms. The molecular weight excluding hydrogens is 248 g/mol. The van der Waals surface area contributed by atoms with Gasteiger partial charge >= 0.3 is 0 Å². The molecule has 0 aromatic carbocycles. The number of nitrogens with zero attached hydrogens (tertiary/aromatic N) is 3. The van der Waals surface area contributed by atoms with E-state index in [0.29, 0.717) is 6.04 Å². The number of rotatable bonds is 5. The molecule has 0 radical (unpaired) electrons. The van der Waals surface area contributed by atoms with Crippen molar-refractivity contribution in [1.29, 1.82) is 0 Å². The first-order valence-corrected chi connectivity index (χ1v) is 7.57. The molecule has 106 valence electrons. The molecular formula is C16H22N4. The van der Waals surface area contributed by atoms with Crippen LogP contribution in [-0.4, -0.2) is 20.6 Å². The van der Waals surface area contributed by atoms with Crippen molar-refractivity contribution >= 4 is 5.95 Å². The van der Waals surface area contributed by atoms with Gasteiger partial charge in [-0.25, -0.2) is 4.98 Å². The van der Waals surface area contributed by atoms with Crippen molar-refractivity contribution in [2.24, 2.45) is 0 Å². The minimum Gasteiger partial charge on any atom is -0.353 e. The zero-order valence-corrected chi connectivity index (χ0v) is 12.0. The molecule has 20 heavy (non-hydrogen) atoms. The Bertz CT molecular complexity index is 555. The standard InChI is InChI=1S/C16H22N4/c1-2-13-6-5-9-17-15(13)12-20-11-10-18-16(20)19-14-7-3-4-8-14/h5-6,9-11,14H,2-4,7-8,12H2,1H3,(H,18,19). The molecule has 1 N–H and O–H groups in total. The number of hydrogen-bond acceptors (Lipinski definition) is 3. The first-order chi connectivity index (χ1) is 9.86. The largest absolute Gasteiger partial charge is 0.353 e. The molecule has 0 unspecified atom stereocenters. The van der Waals surface area contributed by atoms with E-state index >= 15 is 0 Å². The molecule has 1 aliphatic rings. The predicted molar refractivity (Wildman–Crippen MR) is 80.8 cm³/mol. The van der Waals surface area contributed by atoms with E-state index in [2.05, 4.69) is 32.8 Å². The van der Waals surface area contributed by atoms with E-state index < -0.39 is 0 Å². The molecule has 2 aromatic heterocycles. The maximum Gasteiger partial charge on any atom is 0.203 e. The molecule has 4 heteroatoms. The van der Waals surface area contributed by atoms with Crippen LogP contribution in [0.4, 0.5) is 5.95 Å². The summed E-state index contributed by atoms with van der Waals surface area (Å²) in [4.78, 5) is 8.98. The third kappa shape index (κ3) is 2.84. The maximum absolute atomic E-state index is 4.52. The van der Waals surface area contributed by atoms with Gasteiger partial charge in [0.25, 0.3) is 0 Å². The van der Waals surface area contributed by atoms with Gasteiger partial charge in [0.05, 0.1) is 12.2 Å². The minimum absolute atomic E-state index is 0.588. The maximum atomic E-state index is 4.52. The summed E-state index contributed by atoms with van der Waals surface area (Å²) in [6, 6.07) is 4.75. The van der Waals surface area contributed by atoms with Crippen LogP contribution in [0.25, 0.3) is 0 Å². The van der Waals surface area contributed by atoms with E-state index in [4.69, 9.17) is 0 Å². The zero-order valence-electron chi connectivity index (χ0n) is 12.0. The molecule has 1 saturated carbocycles. The second-order valence-corrected chi connectivity index (χ2v) is 5.47. The quantitative estimate of drug-likeness (QED) is 0.907. The average molecular weight is 270 g/mol. The van der Waals surface area contributed by atoms with Gasteiger partial charge in [-0.05, 0) is 30.9 Å². The highest BCUT2D eigenvalue weighted by Gasteiger charge is 2.16. The van der Waals surface area contributed by atoms with Gasteiger partial charge in [-0.1, -0.05) is 25.8 Å². The van der Waals surface area contributed by atoms with Crippen molar-refractivity contribution in [2.75, 3.05) is 5.32 Å². The number of imidazole rings is 1. The van der Waals surface area contributed by atoms with Crippen LogP contribution in [0.5, 0.6) is 0 Å². The Hall–Kier alpha value is -1.84. The van der Waals surface area contributed by atoms with Gasteiger partial charge in [-0.2, -0.15) is 0 Å². The van der Waals surface area contributed by atoms with Gasteiger partial charge in [-0.15, -0.1) is 0 Å². The Morgan fingerprint density at radius 2 is 2.10 bits per heavy atom. The smallest absolute Gasteiger partial charge is 0.203 e. The summed E-state index contributed by atoms with van der Waals surface area (Å²) in [5.41, 5.74) is 2.45. The fourth-order valence-corrected chi connectivity index (χ4v) is 2.93. The summed E-state index contributed by atoms with van der Waals surface area (Å²) in [7, 11) is 0. The van der Waals surface area contributed by atoms with Gasteiger partial charge < -0.3 is 9.88 Å². The van der Waals surface area contributed by atoms with Crippen LogP contribution in [0.3, 0.4) is 0 Å². The van der Waals surface area contributed by atoms with E-state index in [-0.39, 0.29) is 0 Å². The van der Waals surface area contributed by atoms with Crippen LogP contribution in [0, 0.1) is 0 Å². The van der Waals surface area contributed by atoms with Crippen molar-refractivity contribution in [2.45, 2.75) is 51.6 Å². The lowest BCUT2D eigenvalue weighted by Crippen LogP contribution is -2.18. The van der Waals surface area contributed by atoms with Gasteiger partial charge in [-0.3, -0.25) is 4.98 Å². The van der Waals surface area contributed by atoms with Crippen molar-refractivity contribution in [3.05, 3.63) is 42.0 Å². The second kappa shape index (κ2) is 6.07. The number of anilines is 1. The van der Waals surface area contributed by atoms with E-state index in [1.54, 1.807) is 0 Å². The highest BCUT2D eigenvalue weighted by Crippen LogP contribution is 2.22. The van der Waals surface area contributed by atoms with Crippen LogP contribution >= 0.6 is 0 Å². The van der Waals surface area contributed by atoms with Crippen molar-refractivity contribution in [1.82, 2.24) is 14.5 Å². The lowest BCUT2D eigenvalue weighted by atomic mass is 10.1. The molecule has 4 nitrogen and oxygen atoms in total. The van der Waals surface area contributed by atoms with Crippen LogP contribution in [0.15, 0.2) is 30.7 Å². The van der Waals surface area contributed by atoms with E-state index in [9.17, 15) is 0 Å². The lowest BCUT2D eigenvalue weighted by molar-refractivity contribution is 0.707. The Morgan fingerprint density at radius 3 is 2.90 bits per heavy atom. The first-order valence-electron chi connectivity index (χ1n) is 7.57. The molecule has 1 aliphatic carbocycles. The van der Waals surface area contributed by atoms with Crippen LogP contribution in [0.2, 0.25) is 0 Å². The Kier molecular flexibility index (Phi) is 4.00. The molecule has 1 fully saturated rings. The molecule has 2 aromatic rings. The van der Waals surface area contributed by atoms with E-state index in [1.807, 2.05) is 24.7 Å². The Labute approximate surface area is 120 Å². The second-order valence-electron chi connectivity index (χ2n) is 5.47. The SMILES string of the molecule is CCc1cccnc1Cn1ccnc1NC1CCCC1. The number of pyridine rings is 1. The Balaban J connectivity index is 1.75. The van der Waals surface area contributed by atoms with E-state index in [0.717, 1.165) is 24.6 Å². The fourth-order valence-electron chi connectivity index (χ4n) is 2.93. The molecule has 3 rings (SSSR count). The van der Waals surface area contributed by atoms with Crippen LogP contribution < -0.4 is 5.32 Å². The minimum atomic E-state index is 0.588. The zero-order chi connectivity index (χ0) is 13.8. The molecule has 0 amide bonds. The first kappa shape index (κ1) is 13.2. The topological polar surface area (TPSA) is 42.7 Å². The summed E-state index contributed by atoms with van der Waals surface area (Å²) in [6.45, 7) is 2.96. The van der Waals surface area contributed by atoms with Gasteiger partial charge in [0, 0.05) is 24.6 Å². The molecule has 2 heterocycles. The lowest BCUT2D eigenvalue weighted by Gasteiger charge is -2.15. The predicted octanol–water partition coefficient (Wildman–Crippen LogP) is 3.24. The van der Waals surface area contributed by atoms with Gasteiger partial charge in [0.1, 0.15) is 0 Å². The van der Waals surface area contributed by atoms with Crippen LogP contribution in [-0.2, 0) is 13.0 Å². The van der Waals surface area contributed by atoms with Gasteiger partial charge in [0.15, 0.2) is 0 Å². The molecule has 0 saturated heterocycles. The average Bonchev–Trinajstić information content (AvgIpc) is 3.13. The molecule has 0 aliphatic heterocycles. The fraction of sp³-hybridized carbons (Fsp3) is 0.500. The Morgan fingerprint density at radius 1 is 1.25 bits per heavy atom. The third-order valence-corrected chi connectivity index (χ3v) is 4.09. The van der Waals surface area contributed by atoms with Crippen molar-refractivity contribution in [3.63, 3.8) is 0 Å². The van der Waals surface area contributed by atoms with Crippen molar-refractivity contribution < 1.29 is 0 Å².